The van der Waals surface area contributed by atoms with Crippen LogP contribution < -0.4 is 5.56 Å². The second-order valence-electron chi connectivity index (χ2n) is 6.27. The highest BCUT2D eigenvalue weighted by molar-refractivity contribution is 6.21. The average Bonchev–Trinajstić information content (AvgIpc) is 2.85. The Kier molecular flexibility index (Phi) is 3.50. The highest BCUT2D eigenvalue weighted by atomic mass is 16.2. The number of nitrogens with zero attached hydrogens (tertiary/aromatic N) is 1. The van der Waals surface area contributed by atoms with Crippen molar-refractivity contribution in [2.24, 2.45) is 0 Å². The number of nitrogens with one attached hydrogen (secondary N) is 1. The molecule has 1 N–H and O–H groups in total. The van der Waals surface area contributed by atoms with Crippen LogP contribution in [0.3, 0.4) is 0 Å². The lowest BCUT2D eigenvalue weighted by atomic mass is 10.1. The third-order valence-corrected chi connectivity index (χ3v) is 4.56. The molecule has 3 aromatic rings. The first-order chi connectivity index (χ1) is 12.0. The first-order valence-corrected chi connectivity index (χ1v) is 8.12. The molecule has 0 saturated carbocycles. The second-order valence-corrected chi connectivity index (χ2v) is 6.27. The zero-order valence-corrected chi connectivity index (χ0v) is 13.7. The molecule has 1 aliphatic rings. The molecule has 124 valence electrons. The molecule has 0 atom stereocenters. The Morgan fingerprint density at radius 3 is 2.28 bits per heavy atom. The molecule has 0 aliphatic carbocycles. The minimum atomic E-state index is -0.298. The van der Waals surface area contributed by atoms with E-state index >= 15 is 0 Å². The van der Waals surface area contributed by atoms with Crippen molar-refractivity contribution in [3.05, 3.63) is 81.1 Å². The van der Waals surface area contributed by atoms with Crippen molar-refractivity contribution in [1.29, 1.82) is 0 Å². The molecule has 0 unspecified atom stereocenters. The lowest BCUT2D eigenvalue weighted by Gasteiger charge is -2.13. The molecule has 5 heteroatoms. The maximum atomic E-state index is 12.4. The summed E-state index contributed by atoms with van der Waals surface area (Å²) in [6.07, 6.45) is 0.324. The number of imide groups is 1. The van der Waals surface area contributed by atoms with E-state index in [2.05, 4.69) is 4.98 Å². The van der Waals surface area contributed by atoms with E-state index in [-0.39, 0.29) is 23.9 Å². The van der Waals surface area contributed by atoms with Gasteiger partial charge in [0, 0.05) is 17.6 Å². The summed E-state index contributed by atoms with van der Waals surface area (Å²) in [6.45, 7) is 2.18. The summed E-state index contributed by atoms with van der Waals surface area (Å²) in [6, 6.07) is 14.4. The lowest BCUT2D eigenvalue weighted by Crippen LogP contribution is -2.32. The Labute approximate surface area is 143 Å². The van der Waals surface area contributed by atoms with Gasteiger partial charge < -0.3 is 4.98 Å². The topological polar surface area (TPSA) is 70.2 Å². The third-order valence-electron chi connectivity index (χ3n) is 4.56. The van der Waals surface area contributed by atoms with Crippen LogP contribution in [-0.4, -0.2) is 28.2 Å². The summed E-state index contributed by atoms with van der Waals surface area (Å²) in [5.41, 5.74) is 3.11. The molecule has 1 aromatic heterocycles. The highest BCUT2D eigenvalue weighted by Gasteiger charge is 2.34. The standard InChI is InChI=1S/C20H16N2O3/c1-12-6-7-17-14(10-12)11-13(18(23)21-17)8-9-22-19(24)15-4-2-3-5-16(15)20(22)25/h2-7,10-11H,8-9H2,1H3,(H,21,23). The first kappa shape index (κ1) is 15.3. The van der Waals surface area contributed by atoms with Crippen LogP contribution in [0.2, 0.25) is 0 Å². The summed E-state index contributed by atoms with van der Waals surface area (Å²) in [5.74, 6) is -0.595. The smallest absolute Gasteiger partial charge is 0.261 e. The van der Waals surface area contributed by atoms with Gasteiger partial charge in [-0.15, -0.1) is 0 Å². The number of fused-ring (bicyclic) bond motifs is 2. The second kappa shape index (κ2) is 5.70. The summed E-state index contributed by atoms with van der Waals surface area (Å²) < 4.78 is 0. The fourth-order valence-corrected chi connectivity index (χ4v) is 3.23. The van der Waals surface area contributed by atoms with Gasteiger partial charge in [-0.2, -0.15) is 0 Å². The Balaban J connectivity index is 1.61. The van der Waals surface area contributed by atoms with Crippen LogP contribution >= 0.6 is 0 Å². The maximum Gasteiger partial charge on any atom is 0.261 e. The number of carbonyl (C=O) groups is 2. The molecule has 1 aliphatic heterocycles. The monoisotopic (exact) mass is 332 g/mol. The van der Waals surface area contributed by atoms with Gasteiger partial charge >= 0.3 is 0 Å². The minimum Gasteiger partial charge on any atom is -0.322 e. The van der Waals surface area contributed by atoms with Crippen molar-refractivity contribution in [1.82, 2.24) is 9.88 Å². The zero-order valence-electron chi connectivity index (χ0n) is 13.7. The van der Waals surface area contributed by atoms with E-state index in [1.165, 1.54) is 4.90 Å². The predicted octanol–water partition coefficient (Wildman–Crippen LogP) is 2.68. The zero-order chi connectivity index (χ0) is 17.6. The molecule has 25 heavy (non-hydrogen) atoms. The quantitative estimate of drug-likeness (QED) is 0.750. The van der Waals surface area contributed by atoms with Gasteiger partial charge in [0.25, 0.3) is 17.4 Å². The van der Waals surface area contributed by atoms with E-state index in [9.17, 15) is 14.4 Å². The first-order valence-electron chi connectivity index (χ1n) is 8.12. The fourth-order valence-electron chi connectivity index (χ4n) is 3.23. The number of aryl methyl sites for hydroxylation is 1. The number of aromatic nitrogens is 1. The van der Waals surface area contributed by atoms with Gasteiger partial charge in [0.05, 0.1) is 11.1 Å². The van der Waals surface area contributed by atoms with Crippen molar-refractivity contribution in [3.8, 4) is 0 Å². The van der Waals surface area contributed by atoms with E-state index in [1.54, 1.807) is 24.3 Å². The Morgan fingerprint density at radius 2 is 1.60 bits per heavy atom. The maximum absolute atomic E-state index is 12.4. The van der Waals surface area contributed by atoms with Crippen molar-refractivity contribution in [2.75, 3.05) is 6.54 Å². The van der Waals surface area contributed by atoms with Crippen molar-refractivity contribution < 1.29 is 9.59 Å². The van der Waals surface area contributed by atoms with Gasteiger partial charge in [0.2, 0.25) is 0 Å². The number of amides is 2. The number of benzene rings is 2. The van der Waals surface area contributed by atoms with Crippen LogP contribution in [0.1, 0.15) is 31.8 Å². The van der Waals surface area contributed by atoms with Gasteiger partial charge in [-0.3, -0.25) is 19.3 Å². The van der Waals surface area contributed by atoms with Crippen LogP contribution in [0.5, 0.6) is 0 Å². The summed E-state index contributed by atoms with van der Waals surface area (Å²) in [5, 5.41) is 0.942. The number of H-pyrrole nitrogens is 1. The van der Waals surface area contributed by atoms with E-state index < -0.39 is 0 Å². The molecular formula is C20H16N2O3. The molecule has 2 heterocycles. The van der Waals surface area contributed by atoms with Crippen LogP contribution in [-0.2, 0) is 6.42 Å². The van der Waals surface area contributed by atoms with Crippen molar-refractivity contribution in [3.63, 3.8) is 0 Å². The molecular weight excluding hydrogens is 316 g/mol. The Morgan fingerprint density at radius 1 is 0.920 bits per heavy atom. The van der Waals surface area contributed by atoms with Crippen LogP contribution in [0, 0.1) is 6.92 Å². The molecule has 2 amide bonds. The molecule has 0 fully saturated rings. The third kappa shape index (κ3) is 2.54. The van der Waals surface area contributed by atoms with Crippen molar-refractivity contribution in [2.45, 2.75) is 13.3 Å². The summed E-state index contributed by atoms with van der Waals surface area (Å²) >= 11 is 0. The summed E-state index contributed by atoms with van der Waals surface area (Å²) in [7, 11) is 0. The Hall–Kier alpha value is -3.21. The largest absolute Gasteiger partial charge is 0.322 e. The molecule has 2 aromatic carbocycles. The van der Waals surface area contributed by atoms with Gasteiger partial charge in [-0.1, -0.05) is 23.8 Å². The molecule has 0 bridgehead atoms. The SMILES string of the molecule is Cc1ccc2[nH]c(=O)c(CCN3C(=O)c4ccccc4C3=O)cc2c1. The van der Waals surface area contributed by atoms with Gasteiger partial charge in [-0.25, -0.2) is 0 Å². The van der Waals surface area contributed by atoms with E-state index in [0.717, 1.165) is 16.5 Å². The fraction of sp³-hybridized carbons (Fsp3) is 0.150. The molecule has 0 spiro atoms. The number of carbonyl (C=O) groups excluding carboxylic acids is 2. The van der Waals surface area contributed by atoms with Gasteiger partial charge in [0.15, 0.2) is 0 Å². The number of aromatic amines is 1. The van der Waals surface area contributed by atoms with Crippen LogP contribution in [0.15, 0.2) is 53.3 Å². The number of hydrogen-bond donors (Lipinski definition) is 1. The van der Waals surface area contributed by atoms with Crippen LogP contribution in [0.25, 0.3) is 10.9 Å². The number of hydrogen-bond acceptors (Lipinski definition) is 3. The highest BCUT2D eigenvalue weighted by Crippen LogP contribution is 2.22. The van der Waals surface area contributed by atoms with Gasteiger partial charge in [0.1, 0.15) is 0 Å². The number of pyridine rings is 1. The predicted molar refractivity (Wildman–Crippen MR) is 94.8 cm³/mol. The average molecular weight is 332 g/mol. The molecule has 4 rings (SSSR count). The molecule has 0 radical (unpaired) electrons. The van der Waals surface area contributed by atoms with E-state index in [0.29, 0.717) is 23.1 Å². The summed E-state index contributed by atoms with van der Waals surface area (Å²) in [4.78, 5) is 41.1. The minimum absolute atomic E-state index is 0.187. The van der Waals surface area contributed by atoms with Crippen LogP contribution in [0.4, 0.5) is 0 Å². The van der Waals surface area contributed by atoms with E-state index in [4.69, 9.17) is 0 Å². The number of rotatable bonds is 3. The van der Waals surface area contributed by atoms with E-state index in [1.807, 2.05) is 31.2 Å². The lowest BCUT2D eigenvalue weighted by molar-refractivity contribution is 0.0656. The molecule has 5 nitrogen and oxygen atoms in total. The normalized spacial score (nSPS) is 13.6. The molecule has 0 saturated heterocycles. The van der Waals surface area contributed by atoms with Crippen molar-refractivity contribution >= 4 is 22.7 Å². The Bertz CT molecular complexity index is 1050. The van der Waals surface area contributed by atoms with Gasteiger partial charge in [-0.05, 0) is 49.1 Å².